The standard InChI is InChI=1S/C24H28NO2PS/c1-26-28(29,22-12-6-3-7-13-22)23-14-8-11-21(19-20-9-4-2-5-10-20)24(23)25-15-17-27-18-16-25/h2-7,9-10,12-13,19H,8,11,14-18H2,1H3/b21-19+. The van der Waals surface area contributed by atoms with Crippen LogP contribution in [-0.2, 0) is 21.1 Å². The van der Waals surface area contributed by atoms with E-state index in [9.17, 15) is 0 Å². The normalized spacial score (nSPS) is 21.3. The van der Waals surface area contributed by atoms with Crippen molar-refractivity contribution in [2.75, 3.05) is 33.4 Å². The van der Waals surface area contributed by atoms with Gasteiger partial charge in [-0.2, -0.15) is 0 Å². The Morgan fingerprint density at radius 1 is 0.966 bits per heavy atom. The minimum atomic E-state index is -2.30. The molecule has 1 saturated heterocycles. The summed E-state index contributed by atoms with van der Waals surface area (Å²) < 4.78 is 11.8. The van der Waals surface area contributed by atoms with E-state index in [1.165, 1.54) is 22.1 Å². The first-order valence-electron chi connectivity index (χ1n) is 10.3. The molecule has 0 saturated carbocycles. The second-order valence-corrected chi connectivity index (χ2v) is 11.5. The van der Waals surface area contributed by atoms with E-state index in [0.717, 1.165) is 50.9 Å². The van der Waals surface area contributed by atoms with Crippen LogP contribution < -0.4 is 5.30 Å². The maximum atomic E-state index is 6.30. The maximum absolute atomic E-state index is 6.30. The van der Waals surface area contributed by atoms with Crippen molar-refractivity contribution in [1.29, 1.82) is 0 Å². The van der Waals surface area contributed by atoms with Gasteiger partial charge in [0, 0.05) is 36.5 Å². The molecular weight excluding hydrogens is 397 g/mol. The van der Waals surface area contributed by atoms with Crippen LogP contribution >= 0.6 is 6.26 Å². The van der Waals surface area contributed by atoms with Gasteiger partial charge in [-0.3, -0.25) is 0 Å². The van der Waals surface area contributed by atoms with Crippen LogP contribution in [0.4, 0.5) is 0 Å². The van der Waals surface area contributed by atoms with Crippen molar-refractivity contribution < 1.29 is 9.26 Å². The fraction of sp³-hybridized carbons (Fsp3) is 0.333. The Bertz CT molecular complexity index is 934. The lowest BCUT2D eigenvalue weighted by atomic mass is 9.94. The Labute approximate surface area is 179 Å². The molecule has 3 nitrogen and oxygen atoms in total. The average molecular weight is 426 g/mol. The number of rotatable bonds is 5. The zero-order chi connectivity index (χ0) is 20.1. The van der Waals surface area contributed by atoms with Crippen molar-refractivity contribution in [1.82, 2.24) is 4.90 Å². The SMILES string of the molecule is COP(=S)(C1=C(N2CCOCC2)/C(=C/c2ccccc2)CCC1)c1ccccc1. The maximum Gasteiger partial charge on any atom is 0.121 e. The number of nitrogens with zero attached hydrogens (tertiary/aromatic N) is 1. The quantitative estimate of drug-likeness (QED) is 0.617. The third-order valence-electron chi connectivity index (χ3n) is 5.61. The minimum Gasteiger partial charge on any atom is -0.378 e. The van der Waals surface area contributed by atoms with Gasteiger partial charge >= 0.3 is 0 Å². The molecule has 0 N–H and O–H groups in total. The lowest BCUT2D eigenvalue weighted by Gasteiger charge is -2.39. The largest absolute Gasteiger partial charge is 0.378 e. The summed E-state index contributed by atoms with van der Waals surface area (Å²) in [6, 6.07) is 21.0. The molecule has 1 heterocycles. The fourth-order valence-corrected chi connectivity index (χ4v) is 7.44. The van der Waals surface area contributed by atoms with Crippen LogP contribution in [0.2, 0.25) is 0 Å². The molecule has 4 rings (SSSR count). The Morgan fingerprint density at radius 3 is 2.28 bits per heavy atom. The predicted octanol–water partition coefficient (Wildman–Crippen LogP) is 5.16. The second-order valence-electron chi connectivity index (χ2n) is 7.40. The number of morpholine rings is 1. The molecule has 1 atom stereocenters. The number of allylic oxidation sites excluding steroid dienone is 2. The lowest BCUT2D eigenvalue weighted by Crippen LogP contribution is -2.37. The monoisotopic (exact) mass is 425 g/mol. The molecule has 1 fully saturated rings. The van der Waals surface area contributed by atoms with Gasteiger partial charge in [0.05, 0.1) is 13.2 Å². The van der Waals surface area contributed by atoms with Gasteiger partial charge in [-0.15, -0.1) is 0 Å². The molecular formula is C24H28NO2PS. The number of hydrogen-bond donors (Lipinski definition) is 0. The van der Waals surface area contributed by atoms with Crippen molar-refractivity contribution in [2.24, 2.45) is 0 Å². The Balaban J connectivity index is 1.88. The molecule has 0 aromatic heterocycles. The van der Waals surface area contributed by atoms with Crippen LogP contribution in [0.5, 0.6) is 0 Å². The van der Waals surface area contributed by atoms with Crippen LogP contribution in [0.25, 0.3) is 6.08 Å². The predicted molar refractivity (Wildman–Crippen MR) is 125 cm³/mol. The Kier molecular flexibility index (Phi) is 6.67. The summed E-state index contributed by atoms with van der Waals surface area (Å²) in [5.74, 6) is 0. The highest BCUT2D eigenvalue weighted by Crippen LogP contribution is 2.59. The van der Waals surface area contributed by atoms with Gasteiger partial charge in [0.15, 0.2) is 0 Å². The molecule has 0 bridgehead atoms. The molecule has 2 aliphatic rings. The van der Waals surface area contributed by atoms with Crippen LogP contribution in [0.15, 0.2) is 77.2 Å². The van der Waals surface area contributed by atoms with Crippen LogP contribution in [0.1, 0.15) is 24.8 Å². The van der Waals surface area contributed by atoms with E-state index in [1.54, 1.807) is 7.11 Å². The van der Waals surface area contributed by atoms with Crippen LogP contribution in [-0.4, -0.2) is 38.3 Å². The van der Waals surface area contributed by atoms with Crippen molar-refractivity contribution in [3.8, 4) is 0 Å². The van der Waals surface area contributed by atoms with Crippen molar-refractivity contribution in [2.45, 2.75) is 19.3 Å². The summed E-state index contributed by atoms with van der Waals surface area (Å²) in [4.78, 5) is 2.48. The van der Waals surface area contributed by atoms with Crippen molar-refractivity contribution >= 4 is 29.5 Å². The van der Waals surface area contributed by atoms with E-state index in [0.29, 0.717) is 0 Å². The molecule has 0 amide bonds. The first kappa shape index (κ1) is 20.6. The highest BCUT2D eigenvalue weighted by Gasteiger charge is 2.33. The van der Waals surface area contributed by atoms with Crippen molar-refractivity contribution in [3.63, 3.8) is 0 Å². The first-order valence-corrected chi connectivity index (χ1v) is 13.0. The van der Waals surface area contributed by atoms with Gasteiger partial charge < -0.3 is 14.2 Å². The topological polar surface area (TPSA) is 21.7 Å². The summed E-state index contributed by atoms with van der Waals surface area (Å²) in [6.45, 7) is 3.32. The van der Waals surface area contributed by atoms with E-state index in [1.807, 2.05) is 6.07 Å². The number of ether oxygens (including phenoxy) is 1. The van der Waals surface area contributed by atoms with Gasteiger partial charge in [0.2, 0.25) is 0 Å². The van der Waals surface area contributed by atoms with E-state index in [-0.39, 0.29) is 0 Å². The van der Waals surface area contributed by atoms with Gasteiger partial charge in [0.25, 0.3) is 0 Å². The molecule has 0 radical (unpaired) electrons. The van der Waals surface area contributed by atoms with E-state index in [4.69, 9.17) is 21.1 Å². The molecule has 152 valence electrons. The fourth-order valence-electron chi connectivity index (χ4n) is 4.21. The lowest BCUT2D eigenvalue weighted by molar-refractivity contribution is 0.0539. The Morgan fingerprint density at radius 2 is 1.62 bits per heavy atom. The van der Waals surface area contributed by atoms with Crippen LogP contribution in [0, 0.1) is 0 Å². The summed E-state index contributed by atoms with van der Waals surface area (Å²) in [5, 5.41) is 2.45. The molecule has 2 aromatic carbocycles. The average Bonchev–Trinajstić information content (AvgIpc) is 2.80. The van der Waals surface area contributed by atoms with Gasteiger partial charge in [-0.05, 0) is 36.5 Å². The first-order chi connectivity index (χ1) is 14.2. The third kappa shape index (κ3) is 4.41. The summed E-state index contributed by atoms with van der Waals surface area (Å²) >= 11 is 6.30. The van der Waals surface area contributed by atoms with Crippen molar-refractivity contribution in [3.05, 3.63) is 82.8 Å². The Hall–Kier alpha value is -1.71. The highest BCUT2D eigenvalue weighted by atomic mass is 32.4. The molecule has 1 aliphatic carbocycles. The van der Waals surface area contributed by atoms with Crippen LogP contribution in [0.3, 0.4) is 0 Å². The van der Waals surface area contributed by atoms with E-state index in [2.05, 4.69) is 65.6 Å². The zero-order valence-corrected chi connectivity index (χ0v) is 18.6. The number of hydrogen-bond acceptors (Lipinski definition) is 4. The summed E-state index contributed by atoms with van der Waals surface area (Å²) in [5.41, 5.74) is 3.93. The molecule has 5 heteroatoms. The molecule has 0 spiro atoms. The molecule has 2 aromatic rings. The van der Waals surface area contributed by atoms with Gasteiger partial charge in [-0.1, -0.05) is 72.5 Å². The summed E-state index contributed by atoms with van der Waals surface area (Å²) in [6.07, 6.45) is 3.21. The zero-order valence-electron chi connectivity index (χ0n) is 16.9. The second kappa shape index (κ2) is 9.40. The number of benzene rings is 2. The molecule has 29 heavy (non-hydrogen) atoms. The van der Waals surface area contributed by atoms with Gasteiger partial charge in [0.1, 0.15) is 6.26 Å². The van der Waals surface area contributed by atoms with Gasteiger partial charge in [-0.25, -0.2) is 0 Å². The smallest absolute Gasteiger partial charge is 0.121 e. The van der Waals surface area contributed by atoms with E-state index >= 15 is 0 Å². The molecule has 1 aliphatic heterocycles. The minimum absolute atomic E-state index is 0.761. The molecule has 1 unspecified atom stereocenters. The van der Waals surface area contributed by atoms with E-state index < -0.39 is 6.26 Å². The highest BCUT2D eigenvalue weighted by molar-refractivity contribution is 8.17. The third-order valence-corrected chi connectivity index (χ3v) is 9.99. The summed E-state index contributed by atoms with van der Waals surface area (Å²) in [7, 11) is 1.78.